The maximum absolute atomic E-state index is 12.2. The van der Waals surface area contributed by atoms with Gasteiger partial charge in [0.15, 0.2) is 0 Å². The number of Topliss-reactive ketones (excluding diaryl/α,β-unsaturated/α-hetero) is 1. The number of hydrogen-bond acceptors (Lipinski definition) is 5. The minimum Gasteiger partial charge on any atom is -0.352 e. The minimum absolute atomic E-state index is 0.00277. The normalized spacial score (nSPS) is 19.1. The maximum atomic E-state index is 12.2. The Kier molecular flexibility index (Phi) is 6.00. The highest BCUT2D eigenvalue weighted by molar-refractivity contribution is 5.94. The fraction of sp³-hybridized carbons (Fsp3) is 0.440. The molecule has 0 saturated carbocycles. The van der Waals surface area contributed by atoms with Crippen LogP contribution in [0, 0.1) is 5.92 Å². The first-order valence-electron chi connectivity index (χ1n) is 11.2. The Bertz CT molecular complexity index is 1140. The van der Waals surface area contributed by atoms with Crippen LogP contribution in [0.3, 0.4) is 0 Å². The quantitative estimate of drug-likeness (QED) is 0.661. The standard InChI is InChI=1S/C25H31N5O2/c1-15(2)23(32)10-19-9-20-21(12-27-25(20)26-11-19)22-7-6-8-24(28-22)29-13-16(3)30(18(5)31)17(4)14-29/h6-9,11-12,15-17H,10,13-14H2,1-5H3,(H,26,27)/t16-,17+. The van der Waals surface area contributed by atoms with E-state index in [9.17, 15) is 9.59 Å². The molecule has 0 unspecified atom stereocenters. The summed E-state index contributed by atoms with van der Waals surface area (Å²) >= 11 is 0. The Balaban J connectivity index is 1.63. The molecule has 4 heterocycles. The first kappa shape index (κ1) is 22.0. The van der Waals surface area contributed by atoms with E-state index in [4.69, 9.17) is 4.98 Å². The molecule has 1 amide bonds. The highest BCUT2D eigenvalue weighted by Crippen LogP contribution is 2.30. The molecule has 168 valence electrons. The smallest absolute Gasteiger partial charge is 0.220 e. The van der Waals surface area contributed by atoms with Gasteiger partial charge in [-0.3, -0.25) is 9.59 Å². The molecule has 32 heavy (non-hydrogen) atoms. The van der Waals surface area contributed by atoms with E-state index in [-0.39, 0.29) is 29.7 Å². The van der Waals surface area contributed by atoms with Crippen LogP contribution in [0.2, 0.25) is 0 Å². The van der Waals surface area contributed by atoms with Crippen molar-refractivity contribution in [2.24, 2.45) is 5.92 Å². The number of rotatable bonds is 5. The first-order valence-corrected chi connectivity index (χ1v) is 11.2. The number of carbonyl (C=O) groups is 2. The number of ketones is 1. The van der Waals surface area contributed by atoms with Gasteiger partial charge in [0.25, 0.3) is 0 Å². The second-order valence-corrected chi connectivity index (χ2v) is 9.15. The van der Waals surface area contributed by atoms with E-state index in [2.05, 4.69) is 28.7 Å². The number of hydrogen-bond donors (Lipinski definition) is 1. The molecule has 1 N–H and O–H groups in total. The molecule has 1 aliphatic heterocycles. The van der Waals surface area contributed by atoms with Crippen molar-refractivity contribution < 1.29 is 9.59 Å². The van der Waals surface area contributed by atoms with E-state index < -0.39 is 0 Å². The number of piperazine rings is 1. The summed E-state index contributed by atoms with van der Waals surface area (Å²) in [6.45, 7) is 11.1. The van der Waals surface area contributed by atoms with Gasteiger partial charge in [-0.2, -0.15) is 0 Å². The summed E-state index contributed by atoms with van der Waals surface area (Å²) in [7, 11) is 0. The van der Waals surface area contributed by atoms with Crippen LogP contribution in [0.5, 0.6) is 0 Å². The molecule has 0 aromatic carbocycles. The second-order valence-electron chi connectivity index (χ2n) is 9.15. The van der Waals surface area contributed by atoms with Crippen molar-refractivity contribution in [1.29, 1.82) is 0 Å². The van der Waals surface area contributed by atoms with Crippen LogP contribution in [0.4, 0.5) is 5.82 Å². The van der Waals surface area contributed by atoms with Crippen LogP contribution in [-0.4, -0.2) is 56.7 Å². The highest BCUT2D eigenvalue weighted by Gasteiger charge is 2.31. The lowest BCUT2D eigenvalue weighted by Gasteiger charge is -2.44. The summed E-state index contributed by atoms with van der Waals surface area (Å²) in [5.41, 5.74) is 3.52. The number of fused-ring (bicyclic) bond motifs is 1. The summed E-state index contributed by atoms with van der Waals surface area (Å²) in [6, 6.07) is 8.32. The first-order chi connectivity index (χ1) is 15.2. The van der Waals surface area contributed by atoms with E-state index in [0.717, 1.165) is 46.8 Å². The Morgan fingerprint density at radius 1 is 1.19 bits per heavy atom. The van der Waals surface area contributed by atoms with Crippen molar-refractivity contribution in [2.45, 2.75) is 53.1 Å². The number of nitrogens with zero attached hydrogens (tertiary/aromatic N) is 4. The molecule has 7 nitrogen and oxygen atoms in total. The zero-order valence-corrected chi connectivity index (χ0v) is 19.4. The van der Waals surface area contributed by atoms with Gasteiger partial charge in [0.1, 0.15) is 17.2 Å². The Morgan fingerprint density at radius 2 is 1.91 bits per heavy atom. The number of nitrogens with one attached hydrogen (secondary N) is 1. The molecule has 1 saturated heterocycles. The topological polar surface area (TPSA) is 82.2 Å². The average Bonchev–Trinajstić information content (AvgIpc) is 3.16. The minimum atomic E-state index is 0.00277. The van der Waals surface area contributed by atoms with Crippen molar-refractivity contribution in [3.05, 3.63) is 42.2 Å². The van der Waals surface area contributed by atoms with E-state index in [0.29, 0.717) is 6.42 Å². The third-order valence-electron chi connectivity index (χ3n) is 6.23. The zero-order chi connectivity index (χ0) is 23.0. The van der Waals surface area contributed by atoms with Gasteiger partial charge in [0.05, 0.1) is 5.69 Å². The summed E-state index contributed by atoms with van der Waals surface area (Å²) in [6.07, 6.45) is 4.08. The van der Waals surface area contributed by atoms with Crippen molar-refractivity contribution in [3.8, 4) is 11.3 Å². The monoisotopic (exact) mass is 433 g/mol. The molecule has 1 fully saturated rings. The van der Waals surface area contributed by atoms with Gasteiger partial charge in [0.2, 0.25) is 5.91 Å². The molecule has 0 radical (unpaired) electrons. The van der Waals surface area contributed by atoms with Crippen LogP contribution in [0.15, 0.2) is 36.7 Å². The van der Waals surface area contributed by atoms with Gasteiger partial charge in [-0.1, -0.05) is 19.9 Å². The molecule has 0 spiro atoms. The average molecular weight is 434 g/mol. The lowest BCUT2D eigenvalue weighted by molar-refractivity contribution is -0.133. The molecule has 0 bridgehead atoms. The van der Waals surface area contributed by atoms with Crippen molar-refractivity contribution in [1.82, 2.24) is 19.9 Å². The molecule has 7 heteroatoms. The summed E-state index contributed by atoms with van der Waals surface area (Å²) in [4.78, 5) is 41.1. The van der Waals surface area contributed by atoms with Crippen LogP contribution >= 0.6 is 0 Å². The maximum Gasteiger partial charge on any atom is 0.220 e. The summed E-state index contributed by atoms with van der Waals surface area (Å²) in [5.74, 6) is 1.22. The van der Waals surface area contributed by atoms with E-state index in [1.165, 1.54) is 0 Å². The van der Waals surface area contributed by atoms with E-state index in [1.54, 1.807) is 13.1 Å². The van der Waals surface area contributed by atoms with Crippen molar-refractivity contribution in [3.63, 3.8) is 0 Å². The SMILES string of the molecule is CC(=O)N1[C@H](C)CN(c2cccc(-c3c[nH]c4ncc(CC(=O)C(C)C)cc34)n2)C[C@@H]1C. The van der Waals surface area contributed by atoms with Gasteiger partial charge in [0, 0.05) is 67.8 Å². The van der Waals surface area contributed by atoms with Gasteiger partial charge in [-0.05, 0) is 37.6 Å². The van der Waals surface area contributed by atoms with Crippen molar-refractivity contribution >= 4 is 28.5 Å². The fourth-order valence-corrected chi connectivity index (χ4v) is 4.64. The van der Waals surface area contributed by atoms with Gasteiger partial charge >= 0.3 is 0 Å². The summed E-state index contributed by atoms with van der Waals surface area (Å²) in [5, 5.41) is 0.965. The van der Waals surface area contributed by atoms with E-state index in [1.807, 2.05) is 49.2 Å². The lowest BCUT2D eigenvalue weighted by Crippen LogP contribution is -2.58. The van der Waals surface area contributed by atoms with Gasteiger partial charge in [-0.25, -0.2) is 9.97 Å². The van der Waals surface area contributed by atoms with E-state index >= 15 is 0 Å². The third-order valence-corrected chi connectivity index (χ3v) is 6.23. The second kappa shape index (κ2) is 8.73. The fourth-order valence-electron chi connectivity index (χ4n) is 4.64. The number of H-pyrrole nitrogens is 1. The predicted molar refractivity (Wildman–Crippen MR) is 127 cm³/mol. The Morgan fingerprint density at radius 3 is 2.56 bits per heavy atom. The van der Waals surface area contributed by atoms with Gasteiger partial charge in [-0.15, -0.1) is 0 Å². The molecule has 1 aliphatic rings. The predicted octanol–water partition coefficient (Wildman–Crippen LogP) is 3.84. The molecular weight excluding hydrogens is 402 g/mol. The van der Waals surface area contributed by atoms with Crippen LogP contribution in [0.1, 0.15) is 40.2 Å². The summed E-state index contributed by atoms with van der Waals surface area (Å²) < 4.78 is 0. The molecular formula is C25H31N5O2. The third kappa shape index (κ3) is 4.24. The molecule has 4 rings (SSSR count). The number of aromatic nitrogens is 3. The van der Waals surface area contributed by atoms with Gasteiger partial charge < -0.3 is 14.8 Å². The Labute approximate surface area is 188 Å². The number of pyridine rings is 2. The van der Waals surface area contributed by atoms with Crippen LogP contribution < -0.4 is 4.90 Å². The van der Waals surface area contributed by atoms with Crippen LogP contribution in [0.25, 0.3) is 22.3 Å². The molecule has 2 atom stereocenters. The zero-order valence-electron chi connectivity index (χ0n) is 19.4. The van der Waals surface area contributed by atoms with Crippen molar-refractivity contribution in [2.75, 3.05) is 18.0 Å². The molecule has 3 aromatic rings. The Hall–Kier alpha value is -3.22. The molecule has 0 aliphatic carbocycles. The molecule has 3 aromatic heterocycles. The number of carbonyl (C=O) groups excluding carboxylic acids is 2. The number of anilines is 1. The largest absolute Gasteiger partial charge is 0.352 e. The number of amides is 1. The highest BCUT2D eigenvalue weighted by atomic mass is 16.2. The van der Waals surface area contributed by atoms with Crippen LogP contribution in [-0.2, 0) is 16.0 Å². The number of aromatic amines is 1. The lowest BCUT2D eigenvalue weighted by atomic mass is 10.0.